The lowest BCUT2D eigenvalue weighted by Gasteiger charge is -2.24. The number of thiophene rings is 1. The normalized spacial score (nSPS) is 14.9. The van der Waals surface area contributed by atoms with Crippen molar-refractivity contribution >= 4 is 87.1 Å². The summed E-state index contributed by atoms with van der Waals surface area (Å²) in [5.74, 6) is 1.41. The Hall–Kier alpha value is -6.50. The SMILES string of the molecule is c1ccc(C2N=C(c3cccc4oc5ccccc5c34)N=C(c3ccc4oc5cccc(-c6cccc7c6sc6ccccc67)c5c4c3)N2)cc1. The molecule has 3 aromatic heterocycles. The molecule has 5 nitrogen and oxygen atoms in total. The lowest BCUT2D eigenvalue weighted by Crippen LogP contribution is -2.33. The predicted octanol–water partition coefficient (Wildman–Crippen LogP) is 12.0. The van der Waals surface area contributed by atoms with Crippen molar-refractivity contribution in [2.75, 3.05) is 0 Å². The van der Waals surface area contributed by atoms with Crippen molar-refractivity contribution in [2.24, 2.45) is 9.98 Å². The van der Waals surface area contributed by atoms with Crippen LogP contribution in [0.25, 0.3) is 75.2 Å². The first-order valence-corrected chi connectivity index (χ1v) is 17.8. The van der Waals surface area contributed by atoms with Crippen LogP contribution >= 0.6 is 11.3 Å². The van der Waals surface area contributed by atoms with E-state index in [9.17, 15) is 0 Å². The van der Waals surface area contributed by atoms with Gasteiger partial charge in [0.15, 0.2) is 5.84 Å². The summed E-state index contributed by atoms with van der Waals surface area (Å²) < 4.78 is 15.3. The van der Waals surface area contributed by atoms with Gasteiger partial charge in [0.2, 0.25) is 0 Å². The molecule has 0 saturated carbocycles. The summed E-state index contributed by atoms with van der Waals surface area (Å²) in [7, 11) is 0. The van der Waals surface area contributed by atoms with Gasteiger partial charge in [-0.25, -0.2) is 9.98 Å². The summed E-state index contributed by atoms with van der Waals surface area (Å²) in [6, 6.07) is 52.6. The van der Waals surface area contributed by atoms with Crippen molar-refractivity contribution in [3.63, 3.8) is 0 Å². The summed E-state index contributed by atoms with van der Waals surface area (Å²) in [5.41, 5.74) is 8.67. The highest BCUT2D eigenvalue weighted by molar-refractivity contribution is 7.26. The minimum absolute atomic E-state index is 0.333. The van der Waals surface area contributed by atoms with E-state index in [1.165, 1.54) is 25.7 Å². The van der Waals surface area contributed by atoms with Gasteiger partial charge >= 0.3 is 0 Å². The quantitative estimate of drug-likeness (QED) is 0.202. The molecule has 0 amide bonds. The maximum absolute atomic E-state index is 6.50. The minimum atomic E-state index is -0.333. The van der Waals surface area contributed by atoms with Gasteiger partial charge in [-0.1, -0.05) is 109 Å². The second kappa shape index (κ2) is 11.0. The van der Waals surface area contributed by atoms with Gasteiger partial charge in [0.25, 0.3) is 0 Å². The number of hydrogen-bond acceptors (Lipinski definition) is 6. The van der Waals surface area contributed by atoms with E-state index in [0.29, 0.717) is 5.84 Å². The third-order valence-corrected chi connectivity index (χ3v) is 11.2. The summed E-state index contributed by atoms with van der Waals surface area (Å²) in [4.78, 5) is 10.4. The standard InChI is InChI=1S/C45H27N3O2S/c1-2-11-26(12-3-1)43-46-44(48-45(47-43)33-18-10-21-38-41(33)32-14-4-6-19-35(32)49-38)27-23-24-36-34(25-27)40-29(15-9-20-37(40)50-36)31-17-8-16-30-28-13-5-7-22-39(28)51-42(30)31/h1-25,43H,(H,46,47,48). The van der Waals surface area contributed by atoms with Gasteiger partial charge in [0, 0.05) is 58.4 Å². The summed E-state index contributed by atoms with van der Waals surface area (Å²) in [6.07, 6.45) is -0.333. The van der Waals surface area contributed by atoms with Crippen molar-refractivity contribution in [3.8, 4) is 11.1 Å². The zero-order chi connectivity index (χ0) is 33.5. The van der Waals surface area contributed by atoms with Crippen molar-refractivity contribution in [1.82, 2.24) is 5.32 Å². The van der Waals surface area contributed by atoms with E-state index in [4.69, 9.17) is 18.8 Å². The van der Waals surface area contributed by atoms with E-state index >= 15 is 0 Å². The molecule has 240 valence electrons. The van der Waals surface area contributed by atoms with Gasteiger partial charge in [0.1, 0.15) is 34.3 Å². The van der Waals surface area contributed by atoms with E-state index in [1.54, 1.807) is 0 Å². The first kappa shape index (κ1) is 28.3. The van der Waals surface area contributed by atoms with Crippen LogP contribution in [0.5, 0.6) is 0 Å². The molecule has 1 N–H and O–H groups in total. The van der Waals surface area contributed by atoms with E-state index in [0.717, 1.165) is 72.0 Å². The monoisotopic (exact) mass is 673 g/mol. The van der Waals surface area contributed by atoms with Crippen LogP contribution in [0.2, 0.25) is 0 Å². The van der Waals surface area contributed by atoms with Crippen LogP contribution in [-0.4, -0.2) is 11.7 Å². The molecule has 0 bridgehead atoms. The molecule has 4 heterocycles. The van der Waals surface area contributed by atoms with Gasteiger partial charge in [-0.2, -0.15) is 0 Å². The second-order valence-electron chi connectivity index (χ2n) is 12.9. The lowest BCUT2D eigenvalue weighted by molar-refractivity contribution is 0.667. The van der Waals surface area contributed by atoms with Gasteiger partial charge in [-0.15, -0.1) is 11.3 Å². The van der Waals surface area contributed by atoms with Crippen LogP contribution in [0.4, 0.5) is 0 Å². The Bertz CT molecular complexity index is 3070. The van der Waals surface area contributed by atoms with Crippen LogP contribution in [0, 0.1) is 0 Å². The molecule has 1 atom stereocenters. The number of amidine groups is 2. The van der Waals surface area contributed by atoms with Crippen molar-refractivity contribution in [2.45, 2.75) is 6.17 Å². The number of nitrogens with one attached hydrogen (secondary N) is 1. The Balaban J connectivity index is 1.11. The Kier molecular flexibility index (Phi) is 6.12. The minimum Gasteiger partial charge on any atom is -0.456 e. The highest BCUT2D eigenvalue weighted by Gasteiger charge is 2.24. The molecule has 10 aromatic rings. The number of nitrogens with zero attached hydrogens (tertiary/aromatic N) is 2. The molecule has 1 aliphatic heterocycles. The Morgan fingerprint density at radius 3 is 2.02 bits per heavy atom. The van der Waals surface area contributed by atoms with E-state index in [-0.39, 0.29) is 6.17 Å². The summed E-state index contributed by atoms with van der Waals surface area (Å²) in [5, 5.41) is 10.4. The van der Waals surface area contributed by atoms with Crippen molar-refractivity contribution in [1.29, 1.82) is 0 Å². The fourth-order valence-electron chi connectivity index (χ4n) is 7.64. The number of aliphatic imine (C=N–C) groups is 2. The number of fused-ring (bicyclic) bond motifs is 9. The molecular formula is C45H27N3O2S. The first-order valence-electron chi connectivity index (χ1n) is 17.0. The van der Waals surface area contributed by atoms with E-state index < -0.39 is 0 Å². The van der Waals surface area contributed by atoms with Crippen LogP contribution < -0.4 is 5.32 Å². The molecule has 51 heavy (non-hydrogen) atoms. The lowest BCUT2D eigenvalue weighted by atomic mass is 9.97. The zero-order valence-electron chi connectivity index (χ0n) is 27.1. The number of rotatable bonds is 4. The maximum Gasteiger partial charge on any atom is 0.160 e. The fraction of sp³-hybridized carbons (Fsp3) is 0.0222. The molecule has 11 rings (SSSR count). The Morgan fingerprint density at radius 2 is 1.16 bits per heavy atom. The van der Waals surface area contributed by atoms with E-state index in [1.807, 2.05) is 59.9 Å². The Morgan fingerprint density at radius 1 is 0.510 bits per heavy atom. The second-order valence-corrected chi connectivity index (χ2v) is 14.0. The molecule has 0 fully saturated rings. The highest BCUT2D eigenvalue weighted by Crippen LogP contribution is 2.44. The van der Waals surface area contributed by atoms with Crippen LogP contribution in [0.3, 0.4) is 0 Å². The third kappa shape index (κ3) is 4.40. The number of para-hydroxylation sites is 1. The molecule has 0 aliphatic carbocycles. The average Bonchev–Trinajstić information content (AvgIpc) is 3.89. The van der Waals surface area contributed by atoms with Crippen molar-refractivity contribution < 1.29 is 8.83 Å². The van der Waals surface area contributed by atoms with Crippen LogP contribution in [0.15, 0.2) is 170 Å². The predicted molar refractivity (Wildman–Crippen MR) is 211 cm³/mol. The first-order chi connectivity index (χ1) is 25.3. The van der Waals surface area contributed by atoms with Crippen molar-refractivity contribution in [3.05, 3.63) is 168 Å². The molecule has 7 aromatic carbocycles. The summed E-state index contributed by atoms with van der Waals surface area (Å²) >= 11 is 1.84. The van der Waals surface area contributed by atoms with Gasteiger partial charge < -0.3 is 14.2 Å². The Labute approximate surface area is 295 Å². The number of benzene rings is 7. The fourth-order valence-corrected chi connectivity index (χ4v) is 8.87. The molecule has 1 unspecified atom stereocenters. The largest absolute Gasteiger partial charge is 0.456 e. The van der Waals surface area contributed by atoms with Gasteiger partial charge in [-0.05, 0) is 53.6 Å². The molecule has 1 aliphatic rings. The van der Waals surface area contributed by atoms with Gasteiger partial charge in [-0.3, -0.25) is 0 Å². The smallest absolute Gasteiger partial charge is 0.160 e. The number of furan rings is 2. The van der Waals surface area contributed by atoms with E-state index in [2.05, 4.69) is 108 Å². The number of hydrogen-bond donors (Lipinski definition) is 1. The molecule has 0 radical (unpaired) electrons. The topological polar surface area (TPSA) is 63.0 Å². The molecular weight excluding hydrogens is 647 g/mol. The van der Waals surface area contributed by atoms with Crippen LogP contribution in [-0.2, 0) is 0 Å². The molecule has 0 spiro atoms. The van der Waals surface area contributed by atoms with Crippen LogP contribution in [0.1, 0.15) is 22.9 Å². The average molecular weight is 674 g/mol. The maximum atomic E-state index is 6.50. The summed E-state index contributed by atoms with van der Waals surface area (Å²) in [6.45, 7) is 0. The highest BCUT2D eigenvalue weighted by atomic mass is 32.1. The van der Waals surface area contributed by atoms with Gasteiger partial charge in [0.05, 0.1) is 0 Å². The molecule has 6 heteroatoms. The zero-order valence-corrected chi connectivity index (χ0v) is 27.9. The molecule has 0 saturated heterocycles. The third-order valence-electron chi connectivity index (χ3n) is 9.96.